The fourth-order valence-corrected chi connectivity index (χ4v) is 2.06. The highest BCUT2D eigenvalue weighted by Gasteiger charge is 2.27. The molecule has 0 amide bonds. The van der Waals surface area contributed by atoms with Crippen LogP contribution in [0.2, 0.25) is 0 Å². The Labute approximate surface area is 119 Å². The Kier molecular flexibility index (Phi) is 5.34. The number of likely N-dealkylation sites (N-methyl/N-ethyl adjacent to an activating group) is 1. The molecular formula is C13H24N6O. The molecule has 2 rings (SSSR count). The van der Waals surface area contributed by atoms with Crippen molar-refractivity contribution in [3.63, 3.8) is 0 Å². The smallest absolute Gasteiger partial charge is 0.323 e. The van der Waals surface area contributed by atoms with Gasteiger partial charge in [0.05, 0.1) is 6.61 Å². The van der Waals surface area contributed by atoms with Crippen molar-refractivity contribution in [2.75, 3.05) is 37.3 Å². The van der Waals surface area contributed by atoms with Gasteiger partial charge < -0.3 is 15.8 Å². The normalized spacial score (nSPS) is 14.6. The molecule has 0 radical (unpaired) electrons. The van der Waals surface area contributed by atoms with Crippen molar-refractivity contribution < 1.29 is 4.74 Å². The van der Waals surface area contributed by atoms with Crippen LogP contribution in [0.4, 0.5) is 11.9 Å². The van der Waals surface area contributed by atoms with E-state index >= 15 is 0 Å². The zero-order valence-electron chi connectivity index (χ0n) is 12.3. The molecule has 1 aromatic rings. The lowest BCUT2D eigenvalue weighted by Gasteiger charge is -2.19. The van der Waals surface area contributed by atoms with E-state index in [4.69, 9.17) is 10.5 Å². The molecule has 1 fully saturated rings. The highest BCUT2D eigenvalue weighted by atomic mass is 16.5. The van der Waals surface area contributed by atoms with Gasteiger partial charge in [-0.15, -0.1) is 0 Å². The maximum Gasteiger partial charge on any atom is 0.323 e. The number of nitrogens with one attached hydrogen (secondary N) is 1. The molecular weight excluding hydrogens is 256 g/mol. The number of hydrogen-bond donors (Lipinski definition) is 2. The van der Waals surface area contributed by atoms with E-state index in [1.165, 1.54) is 12.8 Å². The van der Waals surface area contributed by atoms with Crippen molar-refractivity contribution in [2.24, 2.45) is 0 Å². The third-order valence-corrected chi connectivity index (χ3v) is 3.22. The van der Waals surface area contributed by atoms with E-state index in [1.807, 2.05) is 6.92 Å². The Morgan fingerprint density at radius 1 is 1.30 bits per heavy atom. The van der Waals surface area contributed by atoms with Gasteiger partial charge in [0.15, 0.2) is 0 Å². The molecule has 0 aliphatic heterocycles. The van der Waals surface area contributed by atoms with Crippen LogP contribution in [0.3, 0.4) is 0 Å². The second-order valence-corrected chi connectivity index (χ2v) is 4.93. The van der Waals surface area contributed by atoms with Crippen LogP contribution in [0, 0.1) is 0 Å². The Morgan fingerprint density at radius 3 is 2.75 bits per heavy atom. The summed E-state index contributed by atoms with van der Waals surface area (Å²) in [5, 5.41) is 3.19. The summed E-state index contributed by atoms with van der Waals surface area (Å²) in [5.41, 5.74) is 5.65. The van der Waals surface area contributed by atoms with Crippen molar-refractivity contribution in [2.45, 2.75) is 39.2 Å². The topological polar surface area (TPSA) is 89.2 Å². The number of rotatable bonds is 9. The minimum absolute atomic E-state index is 0.183. The summed E-state index contributed by atoms with van der Waals surface area (Å²) in [6, 6.07) is 1.06. The van der Waals surface area contributed by atoms with Gasteiger partial charge in [-0.2, -0.15) is 15.0 Å². The third kappa shape index (κ3) is 4.48. The maximum absolute atomic E-state index is 5.65. The SMILES string of the molecule is CCCOc1nc(N)nc(NCCN(CC)C2CC2)n1. The molecule has 1 aliphatic carbocycles. The second-order valence-electron chi connectivity index (χ2n) is 4.93. The molecule has 0 atom stereocenters. The first-order chi connectivity index (χ1) is 9.72. The summed E-state index contributed by atoms with van der Waals surface area (Å²) in [5.74, 6) is 0.665. The zero-order valence-corrected chi connectivity index (χ0v) is 12.3. The van der Waals surface area contributed by atoms with E-state index in [2.05, 4.69) is 32.1 Å². The fraction of sp³-hybridized carbons (Fsp3) is 0.769. The lowest BCUT2D eigenvalue weighted by Crippen LogP contribution is -2.31. The van der Waals surface area contributed by atoms with Gasteiger partial charge in [-0.1, -0.05) is 13.8 Å². The summed E-state index contributed by atoms with van der Waals surface area (Å²) in [7, 11) is 0. The first-order valence-corrected chi connectivity index (χ1v) is 7.35. The largest absolute Gasteiger partial charge is 0.463 e. The van der Waals surface area contributed by atoms with Crippen molar-refractivity contribution in [1.29, 1.82) is 0 Å². The predicted octanol–water partition coefficient (Wildman–Crippen LogP) is 1.14. The van der Waals surface area contributed by atoms with Crippen molar-refractivity contribution in [1.82, 2.24) is 19.9 Å². The minimum atomic E-state index is 0.183. The molecule has 0 bridgehead atoms. The van der Waals surface area contributed by atoms with Crippen LogP contribution in [0.25, 0.3) is 0 Å². The van der Waals surface area contributed by atoms with Crippen LogP contribution >= 0.6 is 0 Å². The molecule has 1 saturated carbocycles. The number of ether oxygens (including phenoxy) is 1. The molecule has 1 aromatic heterocycles. The summed E-state index contributed by atoms with van der Waals surface area (Å²) in [6.45, 7) is 7.65. The highest BCUT2D eigenvalue weighted by molar-refractivity contribution is 5.32. The molecule has 0 aromatic carbocycles. The van der Waals surface area contributed by atoms with Crippen molar-refractivity contribution in [3.8, 4) is 6.01 Å². The molecule has 1 aliphatic rings. The van der Waals surface area contributed by atoms with Gasteiger partial charge in [0.2, 0.25) is 11.9 Å². The number of hydrogen-bond acceptors (Lipinski definition) is 7. The summed E-state index contributed by atoms with van der Waals surface area (Å²) >= 11 is 0. The van der Waals surface area contributed by atoms with Crippen molar-refractivity contribution in [3.05, 3.63) is 0 Å². The van der Waals surface area contributed by atoms with Crippen LogP contribution in [-0.2, 0) is 0 Å². The van der Waals surface area contributed by atoms with Crippen LogP contribution in [-0.4, -0.2) is 52.1 Å². The predicted molar refractivity (Wildman–Crippen MR) is 78.8 cm³/mol. The zero-order chi connectivity index (χ0) is 14.4. The van der Waals surface area contributed by atoms with Crippen LogP contribution in [0.1, 0.15) is 33.1 Å². The Balaban J connectivity index is 1.83. The lowest BCUT2D eigenvalue weighted by atomic mass is 10.4. The van der Waals surface area contributed by atoms with Gasteiger partial charge in [-0.05, 0) is 25.8 Å². The summed E-state index contributed by atoms with van der Waals surface area (Å²) in [4.78, 5) is 14.7. The highest BCUT2D eigenvalue weighted by Crippen LogP contribution is 2.25. The third-order valence-electron chi connectivity index (χ3n) is 3.22. The number of aromatic nitrogens is 3. The van der Waals surface area contributed by atoms with Gasteiger partial charge in [-0.25, -0.2) is 0 Å². The van der Waals surface area contributed by atoms with Gasteiger partial charge in [0, 0.05) is 19.1 Å². The Hall–Kier alpha value is -1.63. The Morgan fingerprint density at radius 2 is 2.10 bits per heavy atom. The van der Waals surface area contributed by atoms with Gasteiger partial charge in [0.25, 0.3) is 0 Å². The lowest BCUT2D eigenvalue weighted by molar-refractivity contribution is 0.287. The number of nitrogen functional groups attached to an aromatic ring is 1. The maximum atomic E-state index is 5.65. The van der Waals surface area contributed by atoms with E-state index in [0.29, 0.717) is 12.6 Å². The molecule has 3 N–H and O–H groups in total. The minimum Gasteiger partial charge on any atom is -0.463 e. The van der Waals surface area contributed by atoms with E-state index in [-0.39, 0.29) is 12.0 Å². The molecule has 20 heavy (non-hydrogen) atoms. The summed E-state index contributed by atoms with van der Waals surface area (Å²) < 4.78 is 5.38. The van der Waals surface area contributed by atoms with E-state index in [1.54, 1.807) is 0 Å². The van der Waals surface area contributed by atoms with E-state index in [9.17, 15) is 0 Å². The van der Waals surface area contributed by atoms with E-state index in [0.717, 1.165) is 32.1 Å². The molecule has 1 heterocycles. The quantitative estimate of drug-likeness (QED) is 0.701. The second kappa shape index (κ2) is 7.23. The Bertz CT molecular complexity index is 423. The molecule has 112 valence electrons. The van der Waals surface area contributed by atoms with Gasteiger partial charge in [0.1, 0.15) is 0 Å². The average molecular weight is 280 g/mol. The number of anilines is 2. The first kappa shape index (κ1) is 14.8. The first-order valence-electron chi connectivity index (χ1n) is 7.35. The number of nitrogens with zero attached hydrogens (tertiary/aromatic N) is 4. The van der Waals surface area contributed by atoms with Gasteiger partial charge in [-0.3, -0.25) is 4.90 Å². The molecule has 7 nitrogen and oxygen atoms in total. The molecule has 0 unspecified atom stereocenters. The fourth-order valence-electron chi connectivity index (χ4n) is 2.06. The van der Waals surface area contributed by atoms with Crippen LogP contribution in [0.15, 0.2) is 0 Å². The molecule has 0 spiro atoms. The average Bonchev–Trinajstić information content (AvgIpc) is 3.25. The van der Waals surface area contributed by atoms with Crippen LogP contribution < -0.4 is 15.8 Å². The monoisotopic (exact) mass is 280 g/mol. The standard InChI is InChI=1S/C13H24N6O/c1-3-9-20-13-17-11(14)16-12(18-13)15-7-8-19(4-2)10-5-6-10/h10H,3-9H2,1-2H3,(H3,14,15,16,17,18). The van der Waals surface area contributed by atoms with Crippen molar-refractivity contribution >= 4 is 11.9 Å². The van der Waals surface area contributed by atoms with Crippen LogP contribution in [0.5, 0.6) is 6.01 Å². The molecule has 7 heteroatoms. The van der Waals surface area contributed by atoms with Gasteiger partial charge >= 0.3 is 6.01 Å². The molecule has 0 saturated heterocycles. The van der Waals surface area contributed by atoms with E-state index < -0.39 is 0 Å². The number of nitrogens with two attached hydrogens (primary N) is 1. The summed E-state index contributed by atoms with van der Waals surface area (Å²) in [6.07, 6.45) is 3.55.